The van der Waals surface area contributed by atoms with Crippen molar-refractivity contribution in [1.82, 2.24) is 15.0 Å². The van der Waals surface area contributed by atoms with Crippen LogP contribution in [0.15, 0.2) is 28.9 Å². The maximum atomic E-state index is 12.7. The Kier molecular flexibility index (Phi) is 4.09. The Balaban J connectivity index is 1.45. The third-order valence-corrected chi connectivity index (χ3v) is 5.03. The highest BCUT2D eigenvalue weighted by Crippen LogP contribution is 2.42. The van der Waals surface area contributed by atoms with Crippen LogP contribution in [-0.4, -0.2) is 53.9 Å². The zero-order valence-corrected chi connectivity index (χ0v) is 14.3. The Morgan fingerprint density at radius 1 is 1.54 bits per heavy atom. The number of carbonyl (C=O) groups is 1. The molecule has 0 saturated carbocycles. The molecule has 2 aromatic rings. The van der Waals surface area contributed by atoms with Crippen molar-refractivity contribution in [2.24, 2.45) is 11.3 Å². The summed E-state index contributed by atoms with van der Waals surface area (Å²) in [5, 5.41) is 12.7. The van der Waals surface area contributed by atoms with E-state index in [9.17, 15) is 4.79 Å². The van der Waals surface area contributed by atoms with Crippen LogP contribution in [0.1, 0.15) is 21.8 Å². The molecule has 0 aliphatic carbocycles. The Labute approximate surface area is 150 Å². The van der Waals surface area contributed by atoms with Crippen molar-refractivity contribution in [2.45, 2.75) is 6.92 Å². The van der Waals surface area contributed by atoms with Crippen molar-refractivity contribution in [1.29, 1.82) is 5.26 Å². The number of aryl methyl sites for hydroxylation is 1. The maximum Gasteiger partial charge on any atom is 0.276 e. The lowest BCUT2D eigenvalue weighted by Crippen LogP contribution is -2.38. The van der Waals surface area contributed by atoms with E-state index in [2.05, 4.69) is 10.1 Å². The number of carbonyl (C=O) groups excluding carboxylic acids is 1. The molecule has 26 heavy (non-hydrogen) atoms. The van der Waals surface area contributed by atoms with Crippen LogP contribution in [0.25, 0.3) is 0 Å². The number of aromatic nitrogens is 2. The minimum atomic E-state index is -0.260. The van der Waals surface area contributed by atoms with Gasteiger partial charge in [-0.1, -0.05) is 5.16 Å². The van der Waals surface area contributed by atoms with Crippen molar-refractivity contribution < 1.29 is 18.8 Å². The first-order chi connectivity index (χ1) is 12.6. The summed E-state index contributed by atoms with van der Waals surface area (Å²) in [5.41, 5.74) is 0.552. The second kappa shape index (κ2) is 6.42. The largest absolute Gasteiger partial charge is 0.477 e. The number of likely N-dealkylation sites (tertiary alicyclic amines) is 1. The smallest absolute Gasteiger partial charge is 0.276 e. The number of rotatable bonds is 4. The van der Waals surface area contributed by atoms with Gasteiger partial charge >= 0.3 is 0 Å². The number of pyridine rings is 1. The molecule has 0 radical (unpaired) electrons. The summed E-state index contributed by atoms with van der Waals surface area (Å²) < 4.78 is 16.5. The molecular formula is C18H18N4O4. The standard InChI is InChI=1S/C18H18N4O4/c1-12-4-15(21-26-12)17(23)22-7-14-8-24-10-18(14,9-22)11-25-16-3-2-13(5-19)6-20-16/h2-4,6,14H,7-11H2,1H3/t14-,18+/m1/s1. The molecule has 0 N–H and O–H groups in total. The number of hydrogen-bond acceptors (Lipinski definition) is 7. The van der Waals surface area contributed by atoms with E-state index < -0.39 is 0 Å². The third kappa shape index (κ3) is 2.91. The Morgan fingerprint density at radius 2 is 2.42 bits per heavy atom. The summed E-state index contributed by atoms with van der Waals surface area (Å²) in [6.45, 7) is 4.45. The second-order valence-corrected chi connectivity index (χ2v) is 6.87. The first-order valence-corrected chi connectivity index (χ1v) is 8.39. The molecular weight excluding hydrogens is 336 g/mol. The van der Waals surface area contributed by atoms with Crippen molar-refractivity contribution in [3.8, 4) is 11.9 Å². The van der Waals surface area contributed by atoms with Crippen LogP contribution in [0.3, 0.4) is 0 Å². The van der Waals surface area contributed by atoms with E-state index in [1.165, 1.54) is 6.20 Å². The average molecular weight is 354 g/mol. The van der Waals surface area contributed by atoms with E-state index in [1.807, 2.05) is 6.07 Å². The molecule has 1 amide bonds. The van der Waals surface area contributed by atoms with Gasteiger partial charge in [0.15, 0.2) is 5.69 Å². The van der Waals surface area contributed by atoms with Crippen LogP contribution in [0.2, 0.25) is 0 Å². The Morgan fingerprint density at radius 3 is 3.12 bits per heavy atom. The van der Waals surface area contributed by atoms with Gasteiger partial charge in [0.05, 0.1) is 30.8 Å². The van der Waals surface area contributed by atoms with Gasteiger partial charge < -0.3 is 18.9 Å². The molecule has 8 nitrogen and oxygen atoms in total. The number of ether oxygens (including phenoxy) is 2. The van der Waals surface area contributed by atoms with E-state index in [-0.39, 0.29) is 17.2 Å². The molecule has 134 valence electrons. The fourth-order valence-electron chi connectivity index (χ4n) is 3.57. The van der Waals surface area contributed by atoms with E-state index in [1.54, 1.807) is 30.0 Å². The highest BCUT2D eigenvalue weighted by molar-refractivity contribution is 5.92. The molecule has 0 spiro atoms. The van der Waals surface area contributed by atoms with E-state index in [0.29, 0.717) is 55.8 Å². The molecule has 2 atom stereocenters. The summed E-state index contributed by atoms with van der Waals surface area (Å²) >= 11 is 0. The van der Waals surface area contributed by atoms with Gasteiger partial charge in [-0.25, -0.2) is 4.98 Å². The average Bonchev–Trinajstić information content (AvgIpc) is 3.33. The van der Waals surface area contributed by atoms with Gasteiger partial charge in [-0.15, -0.1) is 0 Å². The number of nitriles is 1. The van der Waals surface area contributed by atoms with Gasteiger partial charge in [0, 0.05) is 37.3 Å². The lowest BCUT2D eigenvalue weighted by atomic mass is 9.82. The minimum Gasteiger partial charge on any atom is -0.477 e. The van der Waals surface area contributed by atoms with Crippen LogP contribution in [-0.2, 0) is 4.74 Å². The van der Waals surface area contributed by atoms with Crippen LogP contribution in [0, 0.1) is 29.6 Å². The normalized spacial score (nSPS) is 24.3. The van der Waals surface area contributed by atoms with Gasteiger partial charge in [0.1, 0.15) is 11.8 Å². The van der Waals surface area contributed by atoms with Crippen molar-refractivity contribution in [2.75, 3.05) is 32.9 Å². The fourth-order valence-corrected chi connectivity index (χ4v) is 3.57. The van der Waals surface area contributed by atoms with Crippen molar-refractivity contribution >= 4 is 5.91 Å². The van der Waals surface area contributed by atoms with Crippen LogP contribution in [0.4, 0.5) is 0 Å². The molecule has 4 heterocycles. The molecule has 2 saturated heterocycles. The monoisotopic (exact) mass is 354 g/mol. The molecule has 0 bridgehead atoms. The zero-order valence-electron chi connectivity index (χ0n) is 14.3. The number of nitrogens with zero attached hydrogens (tertiary/aromatic N) is 4. The molecule has 4 rings (SSSR count). The predicted octanol–water partition coefficient (Wildman–Crippen LogP) is 1.42. The van der Waals surface area contributed by atoms with Gasteiger partial charge in [-0.05, 0) is 13.0 Å². The van der Waals surface area contributed by atoms with Gasteiger partial charge in [-0.2, -0.15) is 5.26 Å². The van der Waals surface area contributed by atoms with Gasteiger partial charge in [0.25, 0.3) is 5.91 Å². The molecule has 2 aromatic heterocycles. The molecule has 2 aliphatic rings. The summed E-state index contributed by atoms with van der Waals surface area (Å²) in [4.78, 5) is 18.6. The SMILES string of the molecule is Cc1cc(C(=O)N2C[C@@H]3COC[C@]3(COc3ccc(C#N)cn3)C2)no1. The van der Waals surface area contributed by atoms with Gasteiger partial charge in [0.2, 0.25) is 5.88 Å². The summed E-state index contributed by atoms with van der Waals surface area (Å²) in [5.74, 6) is 1.15. The molecule has 0 unspecified atom stereocenters. The van der Waals surface area contributed by atoms with E-state index in [4.69, 9.17) is 19.3 Å². The van der Waals surface area contributed by atoms with Crippen LogP contribution < -0.4 is 4.74 Å². The summed E-state index contributed by atoms with van der Waals surface area (Å²) in [7, 11) is 0. The third-order valence-electron chi connectivity index (χ3n) is 5.03. The maximum absolute atomic E-state index is 12.7. The van der Waals surface area contributed by atoms with Crippen molar-refractivity contribution in [3.63, 3.8) is 0 Å². The van der Waals surface area contributed by atoms with Crippen LogP contribution >= 0.6 is 0 Å². The summed E-state index contributed by atoms with van der Waals surface area (Å²) in [6.07, 6.45) is 1.48. The lowest BCUT2D eigenvalue weighted by Gasteiger charge is -2.26. The number of hydrogen-bond donors (Lipinski definition) is 0. The van der Waals surface area contributed by atoms with E-state index >= 15 is 0 Å². The highest BCUT2D eigenvalue weighted by Gasteiger charge is 2.52. The minimum absolute atomic E-state index is 0.132. The predicted molar refractivity (Wildman–Crippen MR) is 88.3 cm³/mol. The van der Waals surface area contributed by atoms with Crippen LogP contribution in [0.5, 0.6) is 5.88 Å². The quantitative estimate of drug-likeness (QED) is 0.818. The molecule has 2 fully saturated rings. The first-order valence-electron chi connectivity index (χ1n) is 8.39. The summed E-state index contributed by atoms with van der Waals surface area (Å²) in [6, 6.07) is 7.02. The molecule has 0 aromatic carbocycles. The first kappa shape index (κ1) is 16.5. The second-order valence-electron chi connectivity index (χ2n) is 6.87. The fraction of sp³-hybridized carbons (Fsp3) is 0.444. The lowest BCUT2D eigenvalue weighted by molar-refractivity contribution is 0.0647. The topological polar surface area (TPSA) is 101 Å². The molecule has 8 heteroatoms. The zero-order chi connectivity index (χ0) is 18.1. The molecule has 2 aliphatic heterocycles. The Hall–Kier alpha value is -2.92. The number of fused-ring (bicyclic) bond motifs is 1. The highest BCUT2D eigenvalue weighted by atomic mass is 16.5. The Bertz CT molecular complexity index is 857. The van der Waals surface area contributed by atoms with E-state index in [0.717, 1.165) is 0 Å². The van der Waals surface area contributed by atoms with Crippen molar-refractivity contribution in [3.05, 3.63) is 41.4 Å². The van der Waals surface area contributed by atoms with Gasteiger partial charge in [-0.3, -0.25) is 4.79 Å². The number of amides is 1.